The highest BCUT2D eigenvalue weighted by Gasteiger charge is 2.51. The highest BCUT2D eigenvalue weighted by atomic mass is 16.6. The molecule has 1 saturated carbocycles. The summed E-state index contributed by atoms with van der Waals surface area (Å²) in [4.78, 5) is 16.6. The Kier molecular flexibility index (Phi) is 6.16. The second-order valence-electron chi connectivity index (χ2n) is 9.47. The zero-order valence-corrected chi connectivity index (χ0v) is 18.2. The molecule has 0 aromatic carbocycles. The van der Waals surface area contributed by atoms with Crippen LogP contribution in [0.5, 0.6) is 0 Å². The number of piperidine rings is 1. The number of carbonyl (C=O) groups excluding carboxylic acids is 1. The number of hydrogen-bond acceptors (Lipinski definition) is 4. The van der Waals surface area contributed by atoms with Crippen LogP contribution < -0.4 is 5.32 Å². The van der Waals surface area contributed by atoms with Crippen molar-refractivity contribution in [2.24, 2.45) is 11.3 Å². The van der Waals surface area contributed by atoms with E-state index in [2.05, 4.69) is 29.8 Å². The predicted octanol–water partition coefficient (Wildman–Crippen LogP) is 3.74. The minimum absolute atomic E-state index is 0.122. The first-order valence-corrected chi connectivity index (χ1v) is 11.4. The van der Waals surface area contributed by atoms with Gasteiger partial charge in [0.15, 0.2) is 0 Å². The van der Waals surface area contributed by atoms with Crippen molar-refractivity contribution in [3.05, 3.63) is 36.0 Å². The van der Waals surface area contributed by atoms with Crippen molar-refractivity contribution in [3.8, 4) is 0 Å². The number of carbonyl (C=O) groups is 1. The molecule has 1 unspecified atom stereocenters. The summed E-state index contributed by atoms with van der Waals surface area (Å²) in [5.41, 5.74) is 3.33. The maximum Gasteiger partial charge on any atom is 0.409 e. The van der Waals surface area contributed by atoms with Crippen LogP contribution in [0, 0.1) is 11.3 Å². The van der Waals surface area contributed by atoms with Crippen LogP contribution in [-0.2, 0) is 4.74 Å². The van der Waals surface area contributed by atoms with Gasteiger partial charge in [0.1, 0.15) is 0 Å². The van der Waals surface area contributed by atoms with Gasteiger partial charge in [-0.05, 0) is 75.9 Å². The number of allylic oxidation sites excluding steroid dienone is 2. The van der Waals surface area contributed by atoms with E-state index >= 15 is 0 Å². The molecular weight excluding hydrogens is 362 g/mol. The topological polar surface area (TPSA) is 44.8 Å². The van der Waals surface area contributed by atoms with Gasteiger partial charge >= 0.3 is 6.09 Å². The van der Waals surface area contributed by atoms with Crippen LogP contribution in [0.25, 0.3) is 0 Å². The summed E-state index contributed by atoms with van der Waals surface area (Å²) < 4.78 is 5.19. The van der Waals surface area contributed by atoms with Crippen LogP contribution in [-0.4, -0.2) is 67.3 Å². The van der Waals surface area contributed by atoms with Crippen LogP contribution in [0.1, 0.15) is 46.0 Å². The number of nitrogens with one attached hydrogen (secondary N) is 1. The van der Waals surface area contributed by atoms with Crippen molar-refractivity contribution in [2.75, 3.05) is 39.3 Å². The average Bonchev–Trinajstić information content (AvgIpc) is 3.30. The summed E-state index contributed by atoms with van der Waals surface area (Å²) >= 11 is 0. The zero-order chi connectivity index (χ0) is 20.4. The summed E-state index contributed by atoms with van der Waals surface area (Å²) in [6.07, 6.45) is 12.2. The lowest BCUT2D eigenvalue weighted by Crippen LogP contribution is -2.55. The minimum Gasteiger partial charge on any atom is -0.450 e. The third-order valence-corrected chi connectivity index (χ3v) is 7.78. The van der Waals surface area contributed by atoms with Gasteiger partial charge in [-0.1, -0.05) is 30.4 Å². The number of rotatable bonds is 5. The standard InChI is InChI=1S/C24H37N3O2/c1-4-6-7-20-16-25-22(18(20)3)19-8-11-26(12-9-19)21-14-24(15-21)10-13-27(17-24)23(28)29-5-2/h4,6-7,19,21-22,25H,1,5,8-17H2,2-3H3/b7-6-. The zero-order valence-electron chi connectivity index (χ0n) is 18.2. The second kappa shape index (κ2) is 8.65. The minimum atomic E-state index is -0.122. The monoisotopic (exact) mass is 399 g/mol. The van der Waals surface area contributed by atoms with Crippen LogP contribution in [0.15, 0.2) is 36.0 Å². The third kappa shape index (κ3) is 4.17. The fraction of sp³-hybridized carbons (Fsp3) is 0.708. The third-order valence-electron chi connectivity index (χ3n) is 7.78. The van der Waals surface area contributed by atoms with E-state index in [1.807, 2.05) is 24.0 Å². The average molecular weight is 400 g/mol. The van der Waals surface area contributed by atoms with Gasteiger partial charge < -0.3 is 19.9 Å². The van der Waals surface area contributed by atoms with Crippen molar-refractivity contribution in [2.45, 2.75) is 58.0 Å². The highest BCUT2D eigenvalue weighted by Crippen LogP contribution is 2.50. The Hall–Kier alpha value is -1.59. The van der Waals surface area contributed by atoms with Crippen LogP contribution in [0.4, 0.5) is 4.79 Å². The van der Waals surface area contributed by atoms with Gasteiger partial charge in [0.05, 0.1) is 6.61 Å². The van der Waals surface area contributed by atoms with Gasteiger partial charge in [-0.15, -0.1) is 0 Å². The molecule has 0 radical (unpaired) electrons. The summed E-state index contributed by atoms with van der Waals surface area (Å²) in [7, 11) is 0. The lowest BCUT2D eigenvalue weighted by molar-refractivity contribution is -0.0108. The summed E-state index contributed by atoms with van der Waals surface area (Å²) in [6, 6.07) is 1.26. The number of nitrogens with zero attached hydrogens (tertiary/aromatic N) is 2. The van der Waals surface area contributed by atoms with Crippen LogP contribution in [0.3, 0.4) is 0 Å². The molecule has 0 bridgehead atoms. The Morgan fingerprint density at radius 2 is 2.07 bits per heavy atom. The molecule has 1 atom stereocenters. The molecule has 0 aromatic heterocycles. The van der Waals surface area contributed by atoms with Crippen molar-refractivity contribution in [1.29, 1.82) is 0 Å². The Balaban J connectivity index is 1.24. The highest BCUT2D eigenvalue weighted by molar-refractivity contribution is 5.68. The fourth-order valence-corrected chi connectivity index (χ4v) is 6.06. The first-order chi connectivity index (χ1) is 14.0. The molecule has 1 amide bonds. The van der Waals surface area contributed by atoms with Crippen LogP contribution in [0.2, 0.25) is 0 Å². The molecule has 5 nitrogen and oxygen atoms in total. The Bertz CT molecular complexity index is 684. The molecule has 29 heavy (non-hydrogen) atoms. The molecule has 4 aliphatic rings. The SMILES string of the molecule is C=C/C=C\C1=C(C)C(C2CCN(C3CC4(CCN(C(=O)OCC)C4)C3)CC2)NC1. The van der Waals surface area contributed by atoms with E-state index in [1.165, 1.54) is 49.9 Å². The van der Waals surface area contributed by atoms with E-state index in [0.717, 1.165) is 38.0 Å². The van der Waals surface area contributed by atoms with E-state index < -0.39 is 0 Å². The van der Waals surface area contributed by atoms with Gasteiger partial charge in [0.2, 0.25) is 0 Å². The molecule has 3 fully saturated rings. The van der Waals surface area contributed by atoms with E-state index in [1.54, 1.807) is 0 Å². The Morgan fingerprint density at radius 3 is 2.76 bits per heavy atom. The van der Waals surface area contributed by atoms with Gasteiger partial charge in [0.25, 0.3) is 0 Å². The Labute approximate surface area is 175 Å². The number of amides is 1. The lowest BCUT2D eigenvalue weighted by Gasteiger charge is -2.52. The smallest absolute Gasteiger partial charge is 0.409 e. The maximum atomic E-state index is 12.0. The van der Waals surface area contributed by atoms with Gasteiger partial charge in [-0.2, -0.15) is 0 Å². The molecule has 0 aromatic rings. The molecule has 2 saturated heterocycles. The van der Waals surface area contributed by atoms with E-state index in [0.29, 0.717) is 18.1 Å². The van der Waals surface area contributed by atoms with Crippen molar-refractivity contribution in [1.82, 2.24) is 15.1 Å². The van der Waals surface area contributed by atoms with Gasteiger partial charge in [-0.3, -0.25) is 0 Å². The van der Waals surface area contributed by atoms with Gasteiger partial charge in [-0.25, -0.2) is 4.79 Å². The maximum absolute atomic E-state index is 12.0. The molecule has 3 aliphatic heterocycles. The molecule has 5 heteroatoms. The number of likely N-dealkylation sites (tertiary alicyclic amines) is 2. The summed E-state index contributed by atoms with van der Waals surface area (Å²) in [6.45, 7) is 13.6. The van der Waals surface area contributed by atoms with E-state index in [-0.39, 0.29) is 6.09 Å². The van der Waals surface area contributed by atoms with Crippen molar-refractivity contribution < 1.29 is 9.53 Å². The molecular formula is C24H37N3O2. The Morgan fingerprint density at radius 1 is 1.31 bits per heavy atom. The first kappa shape index (κ1) is 20.7. The largest absolute Gasteiger partial charge is 0.450 e. The molecule has 1 spiro atoms. The molecule has 1 aliphatic carbocycles. The second-order valence-corrected chi connectivity index (χ2v) is 9.47. The van der Waals surface area contributed by atoms with Crippen molar-refractivity contribution in [3.63, 3.8) is 0 Å². The molecule has 160 valence electrons. The van der Waals surface area contributed by atoms with Crippen LogP contribution >= 0.6 is 0 Å². The van der Waals surface area contributed by atoms with Gasteiger partial charge in [0, 0.05) is 31.7 Å². The van der Waals surface area contributed by atoms with E-state index in [4.69, 9.17) is 4.74 Å². The molecule has 3 heterocycles. The number of hydrogen-bond donors (Lipinski definition) is 1. The number of ether oxygens (including phenoxy) is 1. The molecule has 4 rings (SSSR count). The normalized spacial score (nSPS) is 33.7. The molecule has 1 N–H and O–H groups in total. The fourth-order valence-electron chi connectivity index (χ4n) is 6.06. The lowest BCUT2D eigenvalue weighted by atomic mass is 9.64. The summed E-state index contributed by atoms with van der Waals surface area (Å²) in [5, 5.41) is 3.75. The predicted molar refractivity (Wildman–Crippen MR) is 117 cm³/mol. The quantitative estimate of drug-likeness (QED) is 0.716. The summed E-state index contributed by atoms with van der Waals surface area (Å²) in [5.74, 6) is 0.751. The van der Waals surface area contributed by atoms with Crippen molar-refractivity contribution >= 4 is 6.09 Å². The first-order valence-electron chi connectivity index (χ1n) is 11.4. The van der Waals surface area contributed by atoms with E-state index in [9.17, 15) is 4.79 Å².